The van der Waals surface area contributed by atoms with Crippen molar-refractivity contribution in [1.82, 2.24) is 19.8 Å². The number of carbonyl (C=O) groups is 3. The topological polar surface area (TPSA) is 90.0 Å². The van der Waals surface area contributed by atoms with Crippen molar-refractivity contribution in [3.8, 4) is 0 Å². The van der Waals surface area contributed by atoms with Crippen LogP contribution in [0.2, 0.25) is 0 Å². The summed E-state index contributed by atoms with van der Waals surface area (Å²) in [5.41, 5.74) is 0.895. The summed E-state index contributed by atoms with van der Waals surface area (Å²) in [6.07, 6.45) is 6.11. The molecule has 3 aliphatic rings. The quantitative estimate of drug-likeness (QED) is 0.608. The number of benzene rings is 1. The first-order valence-corrected chi connectivity index (χ1v) is 12.2. The largest absolute Gasteiger partial charge is 0.356 e. The molecule has 178 valence electrons. The second kappa shape index (κ2) is 9.79. The molecule has 0 spiro atoms. The molecule has 9 nitrogen and oxygen atoms in total. The smallest absolute Gasteiger partial charge is 0.261 e. The van der Waals surface area contributed by atoms with Gasteiger partial charge in [0.1, 0.15) is 18.0 Å². The number of carbonyl (C=O) groups excluding carboxylic acids is 3. The van der Waals surface area contributed by atoms with E-state index in [1.807, 2.05) is 4.90 Å². The van der Waals surface area contributed by atoms with E-state index in [2.05, 4.69) is 25.8 Å². The molecule has 1 aromatic heterocycles. The van der Waals surface area contributed by atoms with Gasteiger partial charge in [-0.05, 0) is 37.8 Å². The molecule has 2 saturated heterocycles. The average molecular weight is 463 g/mol. The monoisotopic (exact) mass is 462 g/mol. The zero-order chi connectivity index (χ0) is 23.5. The fraction of sp³-hybridized carbons (Fsp3) is 0.480. The molecule has 5 rings (SSSR count). The van der Waals surface area contributed by atoms with Crippen molar-refractivity contribution < 1.29 is 14.4 Å². The standard InChI is InChI=1S/C25H30N6O3/c32-23(9-6-12-31-24(33)19-7-2-3-8-20(19)25(31)34)30-15-13-29(14-16-30)22-17-21(26-18-27-22)28-10-4-1-5-11-28/h2-3,7-8,17-18H,1,4-6,9-16H2. The zero-order valence-electron chi connectivity index (χ0n) is 19.4. The lowest BCUT2D eigenvalue weighted by Gasteiger charge is -2.36. The van der Waals surface area contributed by atoms with Crippen molar-refractivity contribution in [1.29, 1.82) is 0 Å². The van der Waals surface area contributed by atoms with Crippen LogP contribution in [0.1, 0.15) is 52.8 Å². The fourth-order valence-electron chi connectivity index (χ4n) is 4.98. The van der Waals surface area contributed by atoms with E-state index in [0.717, 1.165) is 37.8 Å². The van der Waals surface area contributed by atoms with Gasteiger partial charge in [0.2, 0.25) is 5.91 Å². The van der Waals surface area contributed by atoms with Gasteiger partial charge in [0.05, 0.1) is 11.1 Å². The molecule has 0 aliphatic carbocycles. The summed E-state index contributed by atoms with van der Waals surface area (Å²) in [6, 6.07) is 8.92. The normalized spacial score (nSPS) is 18.5. The Morgan fingerprint density at radius 3 is 2.00 bits per heavy atom. The maximum Gasteiger partial charge on any atom is 0.261 e. The van der Waals surface area contributed by atoms with E-state index in [-0.39, 0.29) is 24.3 Å². The van der Waals surface area contributed by atoms with Crippen molar-refractivity contribution in [2.45, 2.75) is 32.1 Å². The Labute approximate surface area is 199 Å². The highest BCUT2D eigenvalue weighted by atomic mass is 16.2. The number of rotatable bonds is 6. The van der Waals surface area contributed by atoms with Crippen LogP contribution in [-0.4, -0.2) is 83.3 Å². The van der Waals surface area contributed by atoms with Gasteiger partial charge in [0, 0.05) is 58.3 Å². The van der Waals surface area contributed by atoms with Crippen molar-refractivity contribution >= 4 is 29.4 Å². The van der Waals surface area contributed by atoms with Gasteiger partial charge in [-0.2, -0.15) is 0 Å². The Hall–Kier alpha value is -3.49. The Morgan fingerprint density at radius 1 is 0.794 bits per heavy atom. The van der Waals surface area contributed by atoms with Crippen molar-refractivity contribution in [2.75, 3.05) is 55.6 Å². The van der Waals surface area contributed by atoms with Gasteiger partial charge in [0.15, 0.2) is 0 Å². The Kier molecular flexibility index (Phi) is 6.42. The number of piperazine rings is 1. The minimum atomic E-state index is -0.268. The Bertz CT molecular complexity index is 1040. The van der Waals surface area contributed by atoms with Crippen LogP contribution in [0.3, 0.4) is 0 Å². The zero-order valence-corrected chi connectivity index (χ0v) is 19.4. The summed E-state index contributed by atoms with van der Waals surface area (Å²) in [5, 5.41) is 0. The second-order valence-corrected chi connectivity index (χ2v) is 9.06. The summed E-state index contributed by atoms with van der Waals surface area (Å²) >= 11 is 0. The maximum atomic E-state index is 12.7. The maximum absolute atomic E-state index is 12.7. The van der Waals surface area contributed by atoms with Gasteiger partial charge < -0.3 is 14.7 Å². The summed E-state index contributed by atoms with van der Waals surface area (Å²) in [4.78, 5) is 54.3. The van der Waals surface area contributed by atoms with Crippen molar-refractivity contribution in [3.05, 3.63) is 47.8 Å². The van der Waals surface area contributed by atoms with Gasteiger partial charge in [-0.25, -0.2) is 9.97 Å². The highest BCUT2D eigenvalue weighted by molar-refractivity contribution is 6.21. The number of hydrogen-bond acceptors (Lipinski definition) is 7. The van der Waals surface area contributed by atoms with Crippen LogP contribution in [0.25, 0.3) is 0 Å². The molecule has 4 heterocycles. The molecule has 0 N–H and O–H groups in total. The van der Waals surface area contributed by atoms with E-state index < -0.39 is 0 Å². The lowest BCUT2D eigenvalue weighted by molar-refractivity contribution is -0.131. The number of piperidine rings is 1. The molecule has 3 aliphatic heterocycles. The summed E-state index contributed by atoms with van der Waals surface area (Å²) in [7, 11) is 0. The predicted octanol–water partition coefficient (Wildman–Crippen LogP) is 2.19. The second-order valence-electron chi connectivity index (χ2n) is 9.06. The average Bonchev–Trinajstić information content (AvgIpc) is 3.14. The van der Waals surface area contributed by atoms with Gasteiger partial charge in [0.25, 0.3) is 11.8 Å². The van der Waals surface area contributed by atoms with Crippen LogP contribution in [0, 0.1) is 0 Å². The molecule has 34 heavy (non-hydrogen) atoms. The van der Waals surface area contributed by atoms with E-state index >= 15 is 0 Å². The van der Waals surface area contributed by atoms with Crippen LogP contribution >= 0.6 is 0 Å². The third-order valence-corrected chi connectivity index (χ3v) is 6.93. The SMILES string of the molecule is O=C(CCCN1C(=O)c2ccccc2C1=O)N1CCN(c2cc(N3CCCCC3)ncn2)CC1. The number of aromatic nitrogens is 2. The summed E-state index contributed by atoms with van der Waals surface area (Å²) in [6.45, 7) is 5.06. The van der Waals surface area contributed by atoms with E-state index in [1.165, 1.54) is 24.2 Å². The minimum absolute atomic E-state index is 0.0629. The van der Waals surface area contributed by atoms with Gasteiger partial charge >= 0.3 is 0 Å². The molecule has 2 fully saturated rings. The number of hydrogen-bond donors (Lipinski definition) is 0. The molecule has 0 bridgehead atoms. The molecule has 3 amide bonds. The molecule has 2 aromatic rings. The van der Waals surface area contributed by atoms with Crippen LogP contribution in [0.5, 0.6) is 0 Å². The summed E-state index contributed by atoms with van der Waals surface area (Å²) in [5.74, 6) is 1.42. The van der Waals surface area contributed by atoms with Gasteiger partial charge in [-0.1, -0.05) is 12.1 Å². The van der Waals surface area contributed by atoms with E-state index in [0.29, 0.717) is 37.1 Å². The molecule has 0 atom stereocenters. The molecule has 0 saturated carbocycles. The van der Waals surface area contributed by atoms with Crippen LogP contribution in [0.4, 0.5) is 11.6 Å². The van der Waals surface area contributed by atoms with Crippen molar-refractivity contribution in [2.24, 2.45) is 0 Å². The highest BCUT2D eigenvalue weighted by Gasteiger charge is 2.34. The van der Waals surface area contributed by atoms with E-state index in [9.17, 15) is 14.4 Å². The first kappa shape index (κ1) is 22.3. The minimum Gasteiger partial charge on any atom is -0.356 e. The predicted molar refractivity (Wildman–Crippen MR) is 128 cm³/mol. The fourth-order valence-corrected chi connectivity index (χ4v) is 4.98. The lowest BCUT2D eigenvalue weighted by atomic mass is 10.1. The van der Waals surface area contributed by atoms with Crippen molar-refractivity contribution in [3.63, 3.8) is 0 Å². The number of amides is 3. The molecular formula is C25H30N6O3. The highest BCUT2D eigenvalue weighted by Crippen LogP contribution is 2.24. The number of imide groups is 1. The van der Waals surface area contributed by atoms with Crippen LogP contribution in [0.15, 0.2) is 36.7 Å². The lowest BCUT2D eigenvalue weighted by Crippen LogP contribution is -2.49. The first-order chi connectivity index (χ1) is 16.6. The Balaban J connectivity index is 1.09. The first-order valence-electron chi connectivity index (χ1n) is 12.2. The van der Waals surface area contributed by atoms with Crippen LogP contribution < -0.4 is 9.80 Å². The number of anilines is 2. The molecule has 9 heteroatoms. The number of nitrogens with zero attached hydrogens (tertiary/aromatic N) is 6. The third-order valence-electron chi connectivity index (χ3n) is 6.93. The van der Waals surface area contributed by atoms with Crippen LogP contribution in [-0.2, 0) is 4.79 Å². The molecule has 0 radical (unpaired) electrons. The Morgan fingerprint density at radius 2 is 1.38 bits per heavy atom. The molecule has 0 unspecified atom stereocenters. The summed E-state index contributed by atoms with van der Waals surface area (Å²) < 4.78 is 0. The molecular weight excluding hydrogens is 432 g/mol. The van der Waals surface area contributed by atoms with Gasteiger partial charge in [-0.3, -0.25) is 19.3 Å². The third kappa shape index (κ3) is 4.47. The number of fused-ring (bicyclic) bond motifs is 1. The van der Waals surface area contributed by atoms with Gasteiger partial charge in [-0.15, -0.1) is 0 Å². The van der Waals surface area contributed by atoms with E-state index in [1.54, 1.807) is 30.6 Å². The van der Waals surface area contributed by atoms with E-state index in [4.69, 9.17) is 0 Å². The molecule has 1 aromatic carbocycles.